The minimum absolute atomic E-state index is 0.280. The summed E-state index contributed by atoms with van der Waals surface area (Å²) in [4.78, 5) is 1.04. The molecule has 1 fully saturated rings. The van der Waals surface area contributed by atoms with Gasteiger partial charge in [-0.1, -0.05) is 31.4 Å². The molecule has 2 aromatic rings. The quantitative estimate of drug-likeness (QED) is 0.172. The van der Waals surface area contributed by atoms with Crippen LogP contribution in [0.4, 0.5) is 10.1 Å². The molecule has 0 aliphatic heterocycles. The van der Waals surface area contributed by atoms with Crippen LogP contribution in [-0.4, -0.2) is 24.0 Å². The number of halogens is 1. The lowest BCUT2D eigenvalue weighted by molar-refractivity contribution is 0.290. The Labute approximate surface area is 176 Å². The van der Waals surface area contributed by atoms with Crippen LogP contribution in [0.1, 0.15) is 43.2 Å². The predicted molar refractivity (Wildman–Crippen MR) is 119 cm³/mol. The van der Waals surface area contributed by atoms with Crippen molar-refractivity contribution in [3.8, 4) is 0 Å². The van der Waals surface area contributed by atoms with E-state index in [2.05, 4.69) is 21.2 Å². The average Bonchev–Trinajstić information content (AvgIpc) is 2.72. The van der Waals surface area contributed by atoms with Crippen LogP contribution >= 0.6 is 11.9 Å². The van der Waals surface area contributed by atoms with E-state index in [0.29, 0.717) is 18.4 Å². The molecule has 6 N–H and O–H groups in total. The van der Waals surface area contributed by atoms with E-state index in [1.165, 1.54) is 48.5 Å². The molecule has 1 aliphatic rings. The van der Waals surface area contributed by atoms with Gasteiger partial charge in [-0.05, 0) is 67.7 Å². The number of benzene rings is 2. The summed E-state index contributed by atoms with van der Waals surface area (Å²) in [5, 5.41) is 9.28. The summed E-state index contributed by atoms with van der Waals surface area (Å²) in [7, 11) is 1.88. The first-order chi connectivity index (χ1) is 14.0. The number of nitrogens with two attached hydrogens (primary N) is 2. The summed E-state index contributed by atoms with van der Waals surface area (Å²) in [6.07, 6.45) is 6.13. The van der Waals surface area contributed by atoms with Gasteiger partial charge in [0, 0.05) is 22.2 Å². The van der Waals surface area contributed by atoms with Gasteiger partial charge in [-0.2, -0.15) is 0 Å². The maximum Gasteiger partial charge on any atom is 0.154 e. The Bertz CT molecular complexity index is 820. The fourth-order valence-electron chi connectivity index (χ4n) is 3.51. The number of hydrazone groups is 1. The zero-order chi connectivity index (χ0) is 20.6. The maximum absolute atomic E-state index is 13.1. The predicted octanol–water partition coefficient (Wildman–Crippen LogP) is 3.79. The summed E-state index contributed by atoms with van der Waals surface area (Å²) in [6, 6.07) is 12.7. The minimum Gasteiger partial charge on any atom is -0.382 e. The van der Waals surface area contributed by atoms with E-state index in [-0.39, 0.29) is 5.82 Å². The second-order valence-electron chi connectivity index (χ2n) is 7.20. The number of hydrogen-bond donors (Lipinski definition) is 4. The van der Waals surface area contributed by atoms with Crippen molar-refractivity contribution in [2.75, 3.05) is 12.4 Å². The van der Waals surface area contributed by atoms with Gasteiger partial charge in [-0.3, -0.25) is 4.72 Å². The van der Waals surface area contributed by atoms with E-state index in [0.717, 1.165) is 34.6 Å². The molecule has 6 nitrogen and oxygen atoms in total. The summed E-state index contributed by atoms with van der Waals surface area (Å²) < 4.78 is 16.2. The van der Waals surface area contributed by atoms with Crippen molar-refractivity contribution in [3.05, 3.63) is 59.4 Å². The Morgan fingerprint density at radius 3 is 2.59 bits per heavy atom. The second kappa shape index (κ2) is 10.5. The number of anilines is 1. The van der Waals surface area contributed by atoms with E-state index in [9.17, 15) is 4.39 Å². The highest BCUT2D eigenvalue weighted by Gasteiger charge is 2.16. The van der Waals surface area contributed by atoms with Gasteiger partial charge in [0.1, 0.15) is 5.82 Å². The molecular weight excluding hydrogens is 387 g/mol. The molecule has 3 rings (SSSR count). The summed E-state index contributed by atoms with van der Waals surface area (Å²) in [5.41, 5.74) is 8.99. The standard InChI is InChI=1S/C21H29FN6S/c1-25-29-18-11-12-20(26-17-5-3-2-4-6-17)19(13-18)21(23)27-28(24)14-15-7-9-16(22)10-8-15/h7-13,17,25-26H,2-6,14,24H2,1H3,(H2,23,27). The van der Waals surface area contributed by atoms with Crippen molar-refractivity contribution >= 4 is 23.5 Å². The molecule has 29 heavy (non-hydrogen) atoms. The lowest BCUT2D eigenvalue weighted by atomic mass is 9.95. The molecule has 0 heterocycles. The van der Waals surface area contributed by atoms with Crippen molar-refractivity contribution in [1.82, 2.24) is 9.84 Å². The molecule has 8 heteroatoms. The first kappa shape index (κ1) is 21.4. The topological polar surface area (TPSA) is 91.7 Å². The van der Waals surface area contributed by atoms with E-state index < -0.39 is 0 Å². The molecule has 156 valence electrons. The van der Waals surface area contributed by atoms with Gasteiger partial charge >= 0.3 is 0 Å². The molecule has 1 aliphatic carbocycles. The van der Waals surface area contributed by atoms with Gasteiger partial charge < -0.3 is 11.1 Å². The zero-order valence-electron chi connectivity index (χ0n) is 16.7. The van der Waals surface area contributed by atoms with E-state index >= 15 is 0 Å². The number of amidine groups is 1. The van der Waals surface area contributed by atoms with Crippen LogP contribution in [0.25, 0.3) is 0 Å². The van der Waals surface area contributed by atoms with Crippen LogP contribution in [0.3, 0.4) is 0 Å². The molecule has 0 amide bonds. The Morgan fingerprint density at radius 2 is 1.90 bits per heavy atom. The van der Waals surface area contributed by atoms with E-state index in [1.807, 2.05) is 19.2 Å². The van der Waals surface area contributed by atoms with Crippen molar-refractivity contribution < 1.29 is 4.39 Å². The van der Waals surface area contributed by atoms with Crippen molar-refractivity contribution in [3.63, 3.8) is 0 Å². The normalized spacial score (nSPS) is 15.3. The van der Waals surface area contributed by atoms with Crippen LogP contribution < -0.4 is 21.6 Å². The molecule has 0 bridgehead atoms. The van der Waals surface area contributed by atoms with E-state index in [1.54, 1.807) is 12.1 Å². The summed E-state index contributed by atoms with van der Waals surface area (Å²) in [5.74, 6) is 6.11. The van der Waals surface area contributed by atoms with Crippen molar-refractivity contribution in [2.24, 2.45) is 16.7 Å². The summed E-state index contributed by atoms with van der Waals surface area (Å²) in [6.45, 7) is 0.331. The SMILES string of the molecule is CNSc1ccc(NC2CCCCC2)c(/C(N)=N/N(N)Cc2ccc(F)cc2)c1. The fourth-order valence-corrected chi connectivity index (χ4v) is 4.06. The van der Waals surface area contributed by atoms with Gasteiger partial charge in [-0.15, -0.1) is 5.10 Å². The van der Waals surface area contributed by atoms with E-state index in [4.69, 9.17) is 11.6 Å². The first-order valence-corrected chi connectivity index (χ1v) is 10.7. The molecular formula is C21H29FN6S. The monoisotopic (exact) mass is 416 g/mol. The van der Waals surface area contributed by atoms with Crippen LogP contribution in [0.15, 0.2) is 52.5 Å². The average molecular weight is 417 g/mol. The fraction of sp³-hybridized carbons (Fsp3) is 0.381. The van der Waals surface area contributed by atoms with Crippen LogP contribution in [0, 0.1) is 5.82 Å². The molecule has 1 saturated carbocycles. The second-order valence-corrected chi connectivity index (χ2v) is 8.29. The highest BCUT2D eigenvalue weighted by molar-refractivity contribution is 7.97. The van der Waals surface area contributed by atoms with Crippen LogP contribution in [0.5, 0.6) is 0 Å². The number of hydrazine groups is 1. The molecule has 2 aromatic carbocycles. The Morgan fingerprint density at radius 1 is 1.17 bits per heavy atom. The lowest BCUT2D eigenvalue weighted by Gasteiger charge is -2.25. The molecule has 0 aromatic heterocycles. The highest BCUT2D eigenvalue weighted by Crippen LogP contribution is 2.27. The van der Waals surface area contributed by atoms with Crippen molar-refractivity contribution in [2.45, 2.75) is 49.6 Å². The Kier molecular flexibility index (Phi) is 7.74. The van der Waals surface area contributed by atoms with Gasteiger partial charge in [0.05, 0.1) is 6.54 Å². The summed E-state index contributed by atoms with van der Waals surface area (Å²) >= 11 is 1.52. The zero-order valence-corrected chi connectivity index (χ0v) is 17.5. The number of nitrogens with one attached hydrogen (secondary N) is 2. The van der Waals surface area contributed by atoms with Crippen LogP contribution in [0.2, 0.25) is 0 Å². The lowest BCUT2D eigenvalue weighted by Crippen LogP contribution is -2.30. The molecule has 0 radical (unpaired) electrons. The van der Waals surface area contributed by atoms with Crippen molar-refractivity contribution in [1.29, 1.82) is 0 Å². The first-order valence-electron chi connectivity index (χ1n) is 9.90. The minimum atomic E-state index is -0.280. The third-order valence-corrected chi connectivity index (χ3v) is 5.64. The number of nitrogens with zero attached hydrogens (tertiary/aromatic N) is 2. The maximum atomic E-state index is 13.1. The largest absolute Gasteiger partial charge is 0.382 e. The molecule has 0 saturated heterocycles. The third kappa shape index (κ3) is 6.35. The van der Waals surface area contributed by atoms with Gasteiger partial charge in [-0.25, -0.2) is 15.4 Å². The number of hydrogen-bond acceptors (Lipinski definition) is 6. The van der Waals surface area contributed by atoms with Gasteiger partial charge in [0.15, 0.2) is 5.84 Å². The smallest absolute Gasteiger partial charge is 0.154 e. The third-order valence-electron chi connectivity index (χ3n) is 4.95. The molecule has 0 spiro atoms. The Hall–Kier alpha value is -2.29. The Balaban J connectivity index is 1.79. The molecule has 0 atom stereocenters. The highest BCUT2D eigenvalue weighted by atomic mass is 32.2. The van der Waals surface area contributed by atoms with Gasteiger partial charge in [0.25, 0.3) is 0 Å². The van der Waals surface area contributed by atoms with Crippen LogP contribution in [-0.2, 0) is 6.54 Å². The van der Waals surface area contributed by atoms with Gasteiger partial charge in [0.2, 0.25) is 0 Å². The molecule has 0 unspecified atom stereocenters. The number of rotatable bonds is 8.